The van der Waals surface area contributed by atoms with Crippen LogP contribution in [0.1, 0.15) is 17.6 Å². The summed E-state index contributed by atoms with van der Waals surface area (Å²) < 4.78 is 73.2. The van der Waals surface area contributed by atoms with Crippen LogP contribution in [0.15, 0.2) is 10.8 Å². The number of aromatic nitrogens is 1. The summed E-state index contributed by atoms with van der Waals surface area (Å²) in [5, 5.41) is 0. The van der Waals surface area contributed by atoms with Crippen LogP contribution in [0.3, 0.4) is 0 Å². The molecule has 0 saturated carbocycles. The second kappa shape index (κ2) is 3.99. The Morgan fingerprint density at radius 3 is 2.13 bits per heavy atom. The molecule has 1 aromatic heterocycles. The minimum Gasteiger partial charge on any atom is -0.246 e. The highest BCUT2D eigenvalue weighted by Crippen LogP contribution is 2.40. The Hall–Kier alpha value is -0.790. The maximum atomic E-state index is 12.7. The molecule has 0 aliphatic rings. The van der Waals surface area contributed by atoms with Gasteiger partial charge in [-0.1, -0.05) is 0 Å². The highest BCUT2D eigenvalue weighted by Gasteiger charge is 2.40. The van der Waals surface area contributed by atoms with E-state index >= 15 is 0 Å². The topological polar surface area (TPSA) is 12.9 Å². The fourth-order valence-corrected chi connectivity index (χ4v) is 1.44. The van der Waals surface area contributed by atoms with Crippen molar-refractivity contribution in [1.29, 1.82) is 0 Å². The summed E-state index contributed by atoms with van der Waals surface area (Å²) in [7, 11) is 0. The van der Waals surface area contributed by atoms with Crippen LogP contribution in [0.2, 0.25) is 0 Å². The first kappa shape index (κ1) is 12.3. The van der Waals surface area contributed by atoms with Crippen molar-refractivity contribution < 1.29 is 26.3 Å². The molecule has 0 bridgehead atoms. The number of hydrogen-bond donors (Lipinski definition) is 0. The van der Waals surface area contributed by atoms with Gasteiger partial charge in [-0.05, 0) is 15.9 Å². The van der Waals surface area contributed by atoms with E-state index in [0.29, 0.717) is 0 Å². The fourth-order valence-electron chi connectivity index (χ4n) is 0.966. The molecule has 0 amide bonds. The van der Waals surface area contributed by atoms with Crippen molar-refractivity contribution in [1.82, 2.24) is 4.98 Å². The van der Waals surface area contributed by atoms with Gasteiger partial charge < -0.3 is 0 Å². The quantitative estimate of drug-likeness (QED) is 0.564. The van der Waals surface area contributed by atoms with Gasteiger partial charge in [-0.2, -0.15) is 13.2 Å². The summed E-state index contributed by atoms with van der Waals surface area (Å²) >= 11 is 2.42. The average Bonchev–Trinajstić information content (AvgIpc) is 2.05. The summed E-state index contributed by atoms with van der Waals surface area (Å²) in [4.78, 5) is 3.04. The van der Waals surface area contributed by atoms with Gasteiger partial charge >= 0.3 is 6.18 Å². The molecule has 0 aliphatic heterocycles. The van der Waals surface area contributed by atoms with E-state index in [-0.39, 0.29) is 6.20 Å². The Balaban J connectivity index is 3.53. The second-order valence-corrected chi connectivity index (χ2v) is 3.24. The predicted octanol–water partition coefficient (Wildman–Crippen LogP) is 3.94. The molecule has 0 aromatic carbocycles. The summed E-state index contributed by atoms with van der Waals surface area (Å²) in [6, 6.07) is 0. The lowest BCUT2D eigenvalue weighted by Crippen LogP contribution is -2.14. The van der Waals surface area contributed by atoms with E-state index in [0.717, 1.165) is 0 Å². The van der Waals surface area contributed by atoms with Gasteiger partial charge in [0.15, 0.2) is 5.82 Å². The molecule has 1 aromatic rings. The van der Waals surface area contributed by atoms with Crippen molar-refractivity contribution in [3.8, 4) is 0 Å². The normalized spacial score (nSPS) is 12.3. The summed E-state index contributed by atoms with van der Waals surface area (Å²) in [6.07, 6.45) is -8.40. The van der Waals surface area contributed by atoms with Gasteiger partial charge in [0.25, 0.3) is 6.43 Å². The van der Waals surface area contributed by atoms with Crippen molar-refractivity contribution >= 4 is 15.9 Å². The van der Waals surface area contributed by atoms with Gasteiger partial charge in [0.2, 0.25) is 0 Å². The molecule has 1 heterocycles. The molecule has 0 spiro atoms. The van der Waals surface area contributed by atoms with Gasteiger partial charge in [0.05, 0.1) is 11.8 Å². The third-order valence-electron chi connectivity index (χ3n) is 1.52. The molecule has 1 rings (SSSR count). The maximum absolute atomic E-state index is 12.7. The Labute approximate surface area is 88.2 Å². The number of hydrogen-bond acceptors (Lipinski definition) is 1. The molecular weight excluding hydrogens is 292 g/mol. The molecule has 0 N–H and O–H groups in total. The van der Waals surface area contributed by atoms with Crippen molar-refractivity contribution in [3.05, 3.63) is 27.7 Å². The second-order valence-electron chi connectivity index (χ2n) is 2.48. The van der Waals surface area contributed by atoms with Crippen LogP contribution in [0.25, 0.3) is 0 Å². The predicted molar refractivity (Wildman–Crippen MR) is 41.9 cm³/mol. The Morgan fingerprint density at radius 2 is 1.80 bits per heavy atom. The SMILES string of the molecule is Fc1cnc(Br)c(C(F)F)c1C(F)(F)F. The van der Waals surface area contributed by atoms with Crippen molar-refractivity contribution in [2.75, 3.05) is 0 Å². The zero-order chi connectivity index (χ0) is 11.8. The molecule has 0 aliphatic carbocycles. The molecule has 0 saturated heterocycles. The monoisotopic (exact) mass is 293 g/mol. The molecule has 15 heavy (non-hydrogen) atoms. The lowest BCUT2D eigenvalue weighted by molar-refractivity contribution is -0.142. The first-order valence-electron chi connectivity index (χ1n) is 3.44. The minimum absolute atomic E-state index is 0.235. The first-order chi connectivity index (χ1) is 6.75. The summed E-state index contributed by atoms with van der Waals surface area (Å²) in [5.74, 6) is -1.82. The number of pyridine rings is 1. The zero-order valence-corrected chi connectivity index (χ0v) is 8.33. The molecule has 8 heteroatoms. The van der Waals surface area contributed by atoms with E-state index in [1.807, 2.05) is 0 Å². The van der Waals surface area contributed by atoms with E-state index in [4.69, 9.17) is 0 Å². The smallest absolute Gasteiger partial charge is 0.246 e. The Morgan fingerprint density at radius 1 is 1.27 bits per heavy atom. The molecule has 0 fully saturated rings. The van der Waals surface area contributed by atoms with Crippen molar-refractivity contribution in [2.24, 2.45) is 0 Å². The molecule has 0 radical (unpaired) electrons. The Kier molecular flexibility index (Phi) is 3.27. The third-order valence-corrected chi connectivity index (χ3v) is 2.16. The van der Waals surface area contributed by atoms with Crippen LogP contribution in [0, 0.1) is 5.82 Å². The number of halogens is 7. The van der Waals surface area contributed by atoms with Crippen LogP contribution in [-0.2, 0) is 6.18 Å². The third kappa shape index (κ3) is 2.42. The molecule has 84 valence electrons. The van der Waals surface area contributed by atoms with E-state index in [2.05, 4.69) is 20.9 Å². The molecule has 1 nitrogen and oxygen atoms in total. The molecular formula is C7H2BrF6N. The van der Waals surface area contributed by atoms with Crippen LogP contribution >= 0.6 is 15.9 Å². The summed E-state index contributed by atoms with van der Waals surface area (Å²) in [6.45, 7) is 0. The van der Waals surface area contributed by atoms with Gasteiger partial charge in [-0.15, -0.1) is 0 Å². The zero-order valence-electron chi connectivity index (χ0n) is 6.75. The highest BCUT2D eigenvalue weighted by atomic mass is 79.9. The van der Waals surface area contributed by atoms with E-state index in [9.17, 15) is 26.3 Å². The van der Waals surface area contributed by atoms with Crippen LogP contribution in [0.5, 0.6) is 0 Å². The van der Waals surface area contributed by atoms with Gasteiger partial charge in [-0.25, -0.2) is 18.2 Å². The first-order valence-corrected chi connectivity index (χ1v) is 4.23. The van der Waals surface area contributed by atoms with Gasteiger partial charge in [0.1, 0.15) is 10.2 Å². The minimum atomic E-state index is -5.18. The van der Waals surface area contributed by atoms with Gasteiger partial charge in [-0.3, -0.25) is 0 Å². The van der Waals surface area contributed by atoms with Crippen LogP contribution < -0.4 is 0 Å². The largest absolute Gasteiger partial charge is 0.419 e. The fraction of sp³-hybridized carbons (Fsp3) is 0.286. The van der Waals surface area contributed by atoms with Crippen molar-refractivity contribution in [2.45, 2.75) is 12.6 Å². The van der Waals surface area contributed by atoms with E-state index < -0.39 is 34.1 Å². The lowest BCUT2D eigenvalue weighted by Gasteiger charge is -2.13. The Bertz CT molecular complexity index is 374. The number of alkyl halides is 5. The molecule has 0 atom stereocenters. The van der Waals surface area contributed by atoms with E-state index in [1.54, 1.807) is 0 Å². The summed E-state index contributed by atoms with van der Waals surface area (Å²) in [5.41, 5.74) is -3.47. The van der Waals surface area contributed by atoms with Crippen LogP contribution in [0.4, 0.5) is 26.3 Å². The standard InChI is InChI=1S/C7H2BrF6N/c8-5-3(6(10)11)4(7(12,13)14)2(9)1-15-5/h1,6H. The number of rotatable bonds is 1. The molecule has 0 unspecified atom stereocenters. The van der Waals surface area contributed by atoms with E-state index in [1.165, 1.54) is 0 Å². The maximum Gasteiger partial charge on any atom is 0.419 e. The van der Waals surface area contributed by atoms with Gasteiger partial charge in [0, 0.05) is 0 Å². The average molecular weight is 294 g/mol. The number of nitrogens with zero attached hydrogens (tertiary/aromatic N) is 1. The highest BCUT2D eigenvalue weighted by molar-refractivity contribution is 9.10. The van der Waals surface area contributed by atoms with Crippen molar-refractivity contribution in [3.63, 3.8) is 0 Å². The van der Waals surface area contributed by atoms with Crippen LogP contribution in [-0.4, -0.2) is 4.98 Å². The lowest BCUT2D eigenvalue weighted by atomic mass is 10.1.